The number of fused-ring (bicyclic) bond motifs is 1. The third-order valence-electron chi connectivity index (χ3n) is 3.94. The monoisotopic (exact) mass is 345 g/mol. The molecule has 128 valence electrons. The van der Waals surface area contributed by atoms with Gasteiger partial charge in [-0.25, -0.2) is 4.98 Å². The number of benzene rings is 1. The van der Waals surface area contributed by atoms with E-state index in [1.165, 1.54) is 16.7 Å². The summed E-state index contributed by atoms with van der Waals surface area (Å²) in [7, 11) is 4.11. The first-order valence-electron chi connectivity index (χ1n) is 7.83. The SMILES string of the molecule is Cc1ccc(C)c(COc2cccn3c(CN(C)C)cnc23)c1.Cl. The van der Waals surface area contributed by atoms with E-state index in [1.807, 2.05) is 24.5 Å². The lowest BCUT2D eigenvalue weighted by Crippen LogP contribution is -2.12. The lowest BCUT2D eigenvalue weighted by atomic mass is 10.1. The lowest BCUT2D eigenvalue weighted by Gasteiger charge is -2.12. The second-order valence-electron chi connectivity index (χ2n) is 6.27. The Morgan fingerprint density at radius 3 is 2.71 bits per heavy atom. The smallest absolute Gasteiger partial charge is 0.179 e. The van der Waals surface area contributed by atoms with Crippen LogP contribution in [0.3, 0.4) is 0 Å². The number of nitrogens with zero attached hydrogens (tertiary/aromatic N) is 3. The zero-order valence-corrected chi connectivity index (χ0v) is 15.4. The highest BCUT2D eigenvalue weighted by atomic mass is 35.5. The number of rotatable bonds is 5. The summed E-state index contributed by atoms with van der Waals surface area (Å²) in [4.78, 5) is 6.67. The molecule has 5 heteroatoms. The molecule has 0 saturated carbocycles. The molecule has 2 heterocycles. The first-order chi connectivity index (χ1) is 11.0. The molecule has 0 fully saturated rings. The number of pyridine rings is 1. The van der Waals surface area contributed by atoms with Gasteiger partial charge in [0.05, 0.1) is 11.9 Å². The maximum absolute atomic E-state index is 6.06. The number of halogens is 1. The molecule has 3 aromatic rings. The molecule has 4 nitrogen and oxygen atoms in total. The quantitative estimate of drug-likeness (QED) is 0.699. The van der Waals surface area contributed by atoms with Gasteiger partial charge in [-0.15, -0.1) is 12.4 Å². The van der Waals surface area contributed by atoms with Crippen molar-refractivity contribution in [2.45, 2.75) is 27.0 Å². The maximum Gasteiger partial charge on any atom is 0.179 e. The van der Waals surface area contributed by atoms with Crippen molar-refractivity contribution in [1.82, 2.24) is 14.3 Å². The number of ether oxygens (including phenoxy) is 1. The van der Waals surface area contributed by atoms with Gasteiger partial charge in [-0.3, -0.25) is 4.40 Å². The van der Waals surface area contributed by atoms with E-state index in [0.717, 1.165) is 23.6 Å². The highest BCUT2D eigenvalue weighted by Crippen LogP contribution is 2.22. The molecular weight excluding hydrogens is 322 g/mol. The van der Waals surface area contributed by atoms with Crippen LogP contribution in [0.1, 0.15) is 22.4 Å². The zero-order chi connectivity index (χ0) is 16.4. The Labute approximate surface area is 149 Å². The fourth-order valence-corrected chi connectivity index (χ4v) is 2.70. The van der Waals surface area contributed by atoms with E-state index in [9.17, 15) is 0 Å². The van der Waals surface area contributed by atoms with E-state index in [2.05, 4.69) is 60.4 Å². The maximum atomic E-state index is 6.06. The van der Waals surface area contributed by atoms with Crippen LogP contribution in [0.25, 0.3) is 5.65 Å². The summed E-state index contributed by atoms with van der Waals surface area (Å²) in [5.41, 5.74) is 5.74. The minimum absolute atomic E-state index is 0. The number of hydrogen-bond donors (Lipinski definition) is 0. The van der Waals surface area contributed by atoms with Crippen LogP contribution < -0.4 is 4.74 Å². The third-order valence-corrected chi connectivity index (χ3v) is 3.94. The van der Waals surface area contributed by atoms with E-state index in [1.54, 1.807) is 0 Å². The highest BCUT2D eigenvalue weighted by Gasteiger charge is 2.09. The largest absolute Gasteiger partial charge is 0.485 e. The Bertz CT molecular complexity index is 827. The molecule has 0 unspecified atom stereocenters. The standard InChI is InChI=1S/C19H23N3O.ClH/c1-14-7-8-15(2)16(10-14)13-23-18-6-5-9-22-17(12-21(3)4)11-20-19(18)22;/h5-11H,12-13H2,1-4H3;1H. The molecule has 2 aromatic heterocycles. The van der Waals surface area contributed by atoms with Gasteiger partial charge < -0.3 is 9.64 Å². The van der Waals surface area contributed by atoms with Crippen molar-refractivity contribution < 1.29 is 4.74 Å². The fourth-order valence-electron chi connectivity index (χ4n) is 2.70. The van der Waals surface area contributed by atoms with Crippen LogP contribution in [0.15, 0.2) is 42.7 Å². The van der Waals surface area contributed by atoms with Crippen molar-refractivity contribution in [3.8, 4) is 5.75 Å². The molecule has 0 aliphatic heterocycles. The Balaban J connectivity index is 0.00000208. The molecule has 0 spiro atoms. The van der Waals surface area contributed by atoms with Crippen LogP contribution >= 0.6 is 12.4 Å². The van der Waals surface area contributed by atoms with Gasteiger partial charge in [0, 0.05) is 12.7 Å². The van der Waals surface area contributed by atoms with Crippen molar-refractivity contribution in [3.63, 3.8) is 0 Å². The van der Waals surface area contributed by atoms with Gasteiger partial charge in [-0.05, 0) is 51.2 Å². The molecule has 0 N–H and O–H groups in total. The average Bonchev–Trinajstić information content (AvgIpc) is 2.91. The third kappa shape index (κ3) is 3.89. The van der Waals surface area contributed by atoms with Gasteiger partial charge in [0.1, 0.15) is 6.61 Å². The van der Waals surface area contributed by atoms with E-state index in [-0.39, 0.29) is 12.4 Å². The van der Waals surface area contributed by atoms with Crippen LogP contribution in [0.5, 0.6) is 5.75 Å². The summed E-state index contributed by atoms with van der Waals surface area (Å²) >= 11 is 0. The van der Waals surface area contributed by atoms with Crippen LogP contribution in [-0.4, -0.2) is 28.4 Å². The Kier molecular flexibility index (Phi) is 5.86. The molecule has 0 amide bonds. The zero-order valence-electron chi connectivity index (χ0n) is 14.6. The topological polar surface area (TPSA) is 29.8 Å². The highest BCUT2D eigenvalue weighted by molar-refractivity contribution is 5.85. The van der Waals surface area contributed by atoms with Crippen LogP contribution in [0.2, 0.25) is 0 Å². The minimum atomic E-state index is 0. The second-order valence-corrected chi connectivity index (χ2v) is 6.27. The molecule has 24 heavy (non-hydrogen) atoms. The number of hydrogen-bond acceptors (Lipinski definition) is 3. The molecule has 1 aromatic carbocycles. The van der Waals surface area contributed by atoms with E-state index >= 15 is 0 Å². The molecular formula is C19H24ClN3O. The van der Waals surface area contributed by atoms with Crippen molar-refractivity contribution >= 4 is 18.1 Å². The van der Waals surface area contributed by atoms with Crippen LogP contribution in [0, 0.1) is 13.8 Å². The predicted molar refractivity (Wildman–Crippen MR) is 100 cm³/mol. The van der Waals surface area contributed by atoms with Gasteiger partial charge in [0.15, 0.2) is 11.4 Å². The summed E-state index contributed by atoms with van der Waals surface area (Å²) in [6.45, 7) is 5.62. The average molecular weight is 346 g/mol. The van der Waals surface area contributed by atoms with Crippen LogP contribution in [-0.2, 0) is 13.2 Å². The van der Waals surface area contributed by atoms with Gasteiger partial charge in [0.25, 0.3) is 0 Å². The summed E-state index contributed by atoms with van der Waals surface area (Å²) < 4.78 is 8.16. The van der Waals surface area contributed by atoms with Gasteiger partial charge in [-0.2, -0.15) is 0 Å². The minimum Gasteiger partial charge on any atom is -0.485 e. The lowest BCUT2D eigenvalue weighted by molar-refractivity contribution is 0.307. The number of aromatic nitrogens is 2. The molecule has 3 rings (SSSR count). The van der Waals surface area contributed by atoms with Crippen molar-refractivity contribution in [2.75, 3.05) is 14.1 Å². The summed E-state index contributed by atoms with van der Waals surface area (Å²) in [6.07, 6.45) is 3.95. The van der Waals surface area contributed by atoms with E-state index in [4.69, 9.17) is 4.74 Å². The van der Waals surface area contributed by atoms with Gasteiger partial charge >= 0.3 is 0 Å². The van der Waals surface area contributed by atoms with Crippen molar-refractivity contribution in [1.29, 1.82) is 0 Å². The van der Waals surface area contributed by atoms with Crippen LogP contribution in [0.4, 0.5) is 0 Å². The first-order valence-corrected chi connectivity index (χ1v) is 7.83. The Morgan fingerprint density at radius 2 is 1.96 bits per heavy atom. The van der Waals surface area contributed by atoms with Gasteiger partial charge in [0.2, 0.25) is 0 Å². The van der Waals surface area contributed by atoms with E-state index < -0.39 is 0 Å². The Hall–Kier alpha value is -2.04. The molecule has 0 aliphatic carbocycles. The summed E-state index contributed by atoms with van der Waals surface area (Å²) in [5.74, 6) is 0.818. The normalized spacial score (nSPS) is 10.9. The van der Waals surface area contributed by atoms with Crippen molar-refractivity contribution in [2.24, 2.45) is 0 Å². The Morgan fingerprint density at radius 1 is 1.17 bits per heavy atom. The summed E-state index contributed by atoms with van der Waals surface area (Å²) in [6, 6.07) is 10.4. The molecule has 0 aliphatic rings. The van der Waals surface area contributed by atoms with Crippen molar-refractivity contribution in [3.05, 3.63) is 65.1 Å². The first kappa shape index (κ1) is 18.3. The second kappa shape index (κ2) is 7.69. The van der Waals surface area contributed by atoms with E-state index in [0.29, 0.717) is 6.61 Å². The molecule has 0 bridgehead atoms. The number of imidazole rings is 1. The molecule has 0 radical (unpaired) electrons. The summed E-state index contributed by atoms with van der Waals surface area (Å²) in [5, 5.41) is 0. The fraction of sp³-hybridized carbons (Fsp3) is 0.316. The number of aryl methyl sites for hydroxylation is 2. The molecule has 0 saturated heterocycles. The molecule has 0 atom stereocenters. The van der Waals surface area contributed by atoms with Gasteiger partial charge in [-0.1, -0.05) is 23.8 Å². The predicted octanol–water partition coefficient (Wildman–Crippen LogP) is 4.01.